The van der Waals surface area contributed by atoms with Gasteiger partial charge in [-0.1, -0.05) is 12.1 Å². The third-order valence-electron chi connectivity index (χ3n) is 2.63. The molecule has 1 heterocycles. The minimum Gasteiger partial charge on any atom is -0.477 e. The molecule has 0 aliphatic rings. The van der Waals surface area contributed by atoms with Gasteiger partial charge in [0, 0.05) is 16.3 Å². The van der Waals surface area contributed by atoms with Crippen molar-refractivity contribution in [1.82, 2.24) is 4.57 Å². The first-order valence-electron chi connectivity index (χ1n) is 5.21. The van der Waals surface area contributed by atoms with Crippen molar-refractivity contribution in [1.29, 1.82) is 0 Å². The second kappa shape index (κ2) is 4.91. The number of benzene rings is 1. The van der Waals surface area contributed by atoms with Gasteiger partial charge in [-0.2, -0.15) is 0 Å². The van der Waals surface area contributed by atoms with Crippen LogP contribution in [0.3, 0.4) is 0 Å². The van der Waals surface area contributed by atoms with Crippen LogP contribution in [0.1, 0.15) is 21.6 Å². The van der Waals surface area contributed by atoms with Gasteiger partial charge < -0.3 is 9.67 Å². The van der Waals surface area contributed by atoms with Crippen LogP contribution in [0.5, 0.6) is 0 Å². The first-order chi connectivity index (χ1) is 8.08. The quantitative estimate of drug-likeness (QED) is 0.872. The van der Waals surface area contributed by atoms with E-state index in [1.807, 2.05) is 43.5 Å². The molecule has 0 unspecified atom stereocenters. The maximum atomic E-state index is 11.1. The van der Waals surface area contributed by atoms with E-state index in [1.165, 1.54) is 3.57 Å². The highest BCUT2D eigenvalue weighted by Crippen LogP contribution is 2.14. The van der Waals surface area contributed by atoms with Crippen LogP contribution in [0.4, 0.5) is 0 Å². The van der Waals surface area contributed by atoms with Crippen LogP contribution in [0.25, 0.3) is 0 Å². The Balaban J connectivity index is 2.30. The van der Waals surface area contributed by atoms with Gasteiger partial charge in [-0.05, 0) is 58.8 Å². The molecule has 88 valence electrons. The van der Waals surface area contributed by atoms with Crippen LogP contribution in [0, 0.1) is 10.5 Å². The lowest BCUT2D eigenvalue weighted by Gasteiger charge is -2.07. The molecule has 0 amide bonds. The summed E-state index contributed by atoms with van der Waals surface area (Å²) in [5.41, 5.74) is 2.26. The lowest BCUT2D eigenvalue weighted by Crippen LogP contribution is -2.09. The van der Waals surface area contributed by atoms with Crippen LogP contribution >= 0.6 is 22.6 Å². The average Bonchev–Trinajstić information content (AvgIpc) is 2.63. The highest BCUT2D eigenvalue weighted by molar-refractivity contribution is 14.1. The second-order valence-corrected chi connectivity index (χ2v) is 5.15. The summed E-state index contributed by atoms with van der Waals surface area (Å²) in [6.45, 7) is 2.40. The summed E-state index contributed by atoms with van der Waals surface area (Å²) in [5, 5.41) is 9.14. The van der Waals surface area contributed by atoms with E-state index in [2.05, 4.69) is 22.6 Å². The fourth-order valence-electron chi connectivity index (χ4n) is 1.79. The number of carboxylic acids is 1. The van der Waals surface area contributed by atoms with E-state index in [4.69, 9.17) is 5.11 Å². The smallest absolute Gasteiger partial charge is 0.352 e. The zero-order chi connectivity index (χ0) is 12.4. The minimum atomic E-state index is -0.877. The monoisotopic (exact) mass is 341 g/mol. The summed E-state index contributed by atoms with van der Waals surface area (Å²) in [6, 6.07) is 9.90. The fourth-order valence-corrected chi connectivity index (χ4v) is 2.15. The number of halogens is 1. The summed E-state index contributed by atoms with van der Waals surface area (Å²) in [5.74, 6) is -0.877. The van der Waals surface area contributed by atoms with Crippen molar-refractivity contribution in [2.75, 3.05) is 0 Å². The summed E-state index contributed by atoms with van der Waals surface area (Å²) >= 11 is 2.25. The van der Waals surface area contributed by atoms with Crippen molar-refractivity contribution in [2.45, 2.75) is 13.5 Å². The predicted octanol–water partition coefficient (Wildman–Crippen LogP) is 3.15. The van der Waals surface area contributed by atoms with E-state index in [1.54, 1.807) is 4.57 Å². The molecule has 1 aromatic carbocycles. The normalized spacial score (nSPS) is 10.5. The molecule has 4 heteroatoms. The molecule has 3 nitrogen and oxygen atoms in total. The lowest BCUT2D eigenvalue weighted by molar-refractivity contribution is 0.0685. The van der Waals surface area contributed by atoms with Gasteiger partial charge in [0.2, 0.25) is 0 Å². The topological polar surface area (TPSA) is 42.2 Å². The summed E-state index contributed by atoms with van der Waals surface area (Å²) in [6.07, 6.45) is 1.82. The molecule has 17 heavy (non-hydrogen) atoms. The van der Waals surface area contributed by atoms with Crippen LogP contribution in [-0.4, -0.2) is 15.6 Å². The van der Waals surface area contributed by atoms with Crippen LogP contribution in [0.15, 0.2) is 36.5 Å². The van der Waals surface area contributed by atoms with E-state index in [-0.39, 0.29) is 0 Å². The molecule has 0 saturated carbocycles. The molecule has 0 spiro atoms. The van der Waals surface area contributed by atoms with Gasteiger partial charge in [0.05, 0.1) is 0 Å². The van der Waals surface area contributed by atoms with E-state index >= 15 is 0 Å². The Labute approximate surface area is 113 Å². The predicted molar refractivity (Wildman–Crippen MR) is 74.4 cm³/mol. The van der Waals surface area contributed by atoms with Gasteiger partial charge in [-0.15, -0.1) is 0 Å². The molecule has 0 saturated heterocycles. The van der Waals surface area contributed by atoms with Crippen LogP contribution in [-0.2, 0) is 6.54 Å². The fraction of sp³-hybridized carbons (Fsp3) is 0.154. The van der Waals surface area contributed by atoms with Crippen LogP contribution < -0.4 is 0 Å². The maximum absolute atomic E-state index is 11.1. The van der Waals surface area contributed by atoms with E-state index in [9.17, 15) is 4.79 Å². The Morgan fingerprint density at radius 2 is 1.94 bits per heavy atom. The number of aromatic nitrogens is 1. The van der Waals surface area contributed by atoms with Crippen molar-refractivity contribution in [2.24, 2.45) is 0 Å². The summed E-state index contributed by atoms with van der Waals surface area (Å²) in [7, 11) is 0. The first kappa shape index (κ1) is 12.2. The third kappa shape index (κ3) is 2.69. The van der Waals surface area contributed by atoms with Crippen molar-refractivity contribution in [3.05, 3.63) is 56.9 Å². The van der Waals surface area contributed by atoms with E-state index in [0.717, 1.165) is 11.1 Å². The molecule has 2 rings (SSSR count). The van der Waals surface area contributed by atoms with E-state index < -0.39 is 5.97 Å². The third-order valence-corrected chi connectivity index (χ3v) is 3.35. The average molecular weight is 341 g/mol. The Kier molecular flexibility index (Phi) is 3.51. The van der Waals surface area contributed by atoms with Gasteiger partial charge in [0.15, 0.2) is 0 Å². The number of carboxylic acid groups (broad SMARTS) is 1. The molecular formula is C13H12INO2. The van der Waals surface area contributed by atoms with Crippen molar-refractivity contribution in [3.8, 4) is 0 Å². The summed E-state index contributed by atoms with van der Waals surface area (Å²) in [4.78, 5) is 11.1. The van der Waals surface area contributed by atoms with Crippen molar-refractivity contribution in [3.63, 3.8) is 0 Å². The molecule has 0 bridgehead atoms. The van der Waals surface area contributed by atoms with Gasteiger partial charge >= 0.3 is 5.97 Å². The number of rotatable bonds is 3. The maximum Gasteiger partial charge on any atom is 0.352 e. The lowest BCUT2D eigenvalue weighted by atomic mass is 10.2. The molecule has 0 aliphatic heterocycles. The number of aryl methyl sites for hydroxylation is 1. The molecule has 0 radical (unpaired) electrons. The number of nitrogens with zero attached hydrogens (tertiary/aromatic N) is 1. The molecule has 0 fully saturated rings. The largest absolute Gasteiger partial charge is 0.477 e. The highest BCUT2D eigenvalue weighted by Gasteiger charge is 2.13. The van der Waals surface area contributed by atoms with Gasteiger partial charge in [-0.25, -0.2) is 4.79 Å². The number of hydrogen-bond donors (Lipinski definition) is 1. The zero-order valence-corrected chi connectivity index (χ0v) is 11.5. The molecular weight excluding hydrogens is 329 g/mol. The standard InChI is InChI=1S/C13H12INO2/c1-9-6-7-15(12(9)13(16)17)8-10-2-4-11(14)5-3-10/h2-7H,8H2,1H3,(H,16,17). The Morgan fingerprint density at radius 1 is 1.29 bits per heavy atom. The SMILES string of the molecule is Cc1ccn(Cc2ccc(I)cc2)c1C(=O)O. The molecule has 1 N–H and O–H groups in total. The van der Waals surface area contributed by atoms with Crippen LogP contribution in [0.2, 0.25) is 0 Å². The first-order valence-corrected chi connectivity index (χ1v) is 6.29. The Bertz CT molecular complexity index is 543. The summed E-state index contributed by atoms with van der Waals surface area (Å²) < 4.78 is 2.94. The van der Waals surface area contributed by atoms with Gasteiger partial charge in [-0.3, -0.25) is 0 Å². The second-order valence-electron chi connectivity index (χ2n) is 3.91. The minimum absolute atomic E-state index is 0.364. The Morgan fingerprint density at radius 3 is 2.53 bits per heavy atom. The molecule has 1 aromatic heterocycles. The molecule has 2 aromatic rings. The number of carbonyl (C=O) groups is 1. The van der Waals surface area contributed by atoms with Gasteiger partial charge in [0.25, 0.3) is 0 Å². The highest BCUT2D eigenvalue weighted by atomic mass is 127. The zero-order valence-electron chi connectivity index (χ0n) is 9.35. The number of aromatic carboxylic acids is 1. The Hall–Kier alpha value is -1.30. The number of hydrogen-bond acceptors (Lipinski definition) is 1. The van der Waals surface area contributed by atoms with Crippen molar-refractivity contribution >= 4 is 28.6 Å². The van der Waals surface area contributed by atoms with Gasteiger partial charge in [0.1, 0.15) is 5.69 Å². The molecule has 0 atom stereocenters. The van der Waals surface area contributed by atoms with E-state index in [0.29, 0.717) is 12.2 Å². The van der Waals surface area contributed by atoms with Crippen molar-refractivity contribution < 1.29 is 9.90 Å². The molecule has 0 aliphatic carbocycles.